The number of benzene rings is 1. The van der Waals surface area contributed by atoms with Crippen molar-refractivity contribution in [3.63, 3.8) is 0 Å². The van der Waals surface area contributed by atoms with Gasteiger partial charge in [0.25, 0.3) is 0 Å². The highest BCUT2D eigenvalue weighted by Crippen LogP contribution is 2.24. The van der Waals surface area contributed by atoms with Gasteiger partial charge in [0.1, 0.15) is 0 Å². The van der Waals surface area contributed by atoms with Crippen LogP contribution in [-0.2, 0) is 0 Å². The smallest absolute Gasteiger partial charge is 0.160 e. The number of hydrogen-bond acceptors (Lipinski definition) is 3. The Kier molecular flexibility index (Phi) is 6.07. The van der Waals surface area contributed by atoms with Gasteiger partial charge in [-0.2, -0.15) is 34.0 Å². The molecule has 0 fully saturated rings. The predicted molar refractivity (Wildman–Crippen MR) is 117 cm³/mol. The van der Waals surface area contributed by atoms with Crippen LogP contribution in [-0.4, -0.2) is 0 Å². The summed E-state index contributed by atoms with van der Waals surface area (Å²) in [5, 5.41) is 10.7. The van der Waals surface area contributed by atoms with Gasteiger partial charge in [0.2, 0.25) is 0 Å². The highest BCUT2D eigenvalue weighted by molar-refractivity contribution is 7.08. The Bertz CT molecular complexity index is 1170. The zero-order chi connectivity index (χ0) is 20.9. The number of hydrogen-bond donors (Lipinski definition) is 0. The molecule has 0 aliphatic heterocycles. The minimum Gasteiger partial charge on any atom is -0.204 e. The molecule has 0 N–H and O–H groups in total. The van der Waals surface area contributed by atoms with E-state index < -0.39 is 34.1 Å². The van der Waals surface area contributed by atoms with Gasteiger partial charge in [-0.1, -0.05) is 35.5 Å². The summed E-state index contributed by atoms with van der Waals surface area (Å²) in [4.78, 5) is 0. The standard InChI is InChI=1S/C24H9F3S3/c25-22-19(4-1-16-7-10-28-13-16)23(26)21(6-3-18-9-12-30-15-18)24(27)20(22)5-2-17-8-11-29-14-17/h7-15H. The van der Waals surface area contributed by atoms with Gasteiger partial charge >= 0.3 is 0 Å². The first-order chi connectivity index (χ1) is 14.6. The van der Waals surface area contributed by atoms with Crippen molar-refractivity contribution in [2.45, 2.75) is 0 Å². The van der Waals surface area contributed by atoms with E-state index in [0.717, 1.165) is 0 Å². The Morgan fingerprint density at radius 1 is 0.467 bits per heavy atom. The van der Waals surface area contributed by atoms with Crippen LogP contribution in [0.4, 0.5) is 13.2 Å². The van der Waals surface area contributed by atoms with Crippen LogP contribution in [0.2, 0.25) is 0 Å². The molecule has 0 aliphatic rings. The molecule has 1 aromatic carbocycles. The van der Waals surface area contributed by atoms with Crippen molar-refractivity contribution in [1.82, 2.24) is 0 Å². The van der Waals surface area contributed by atoms with E-state index in [1.54, 1.807) is 50.5 Å². The van der Waals surface area contributed by atoms with Crippen LogP contribution >= 0.6 is 34.0 Å². The van der Waals surface area contributed by atoms with E-state index in [0.29, 0.717) is 16.7 Å². The fourth-order valence-corrected chi connectivity index (χ4v) is 4.17. The third kappa shape index (κ3) is 4.35. The summed E-state index contributed by atoms with van der Waals surface area (Å²) < 4.78 is 45.1. The van der Waals surface area contributed by atoms with Crippen LogP contribution in [0.3, 0.4) is 0 Å². The minimum absolute atomic E-state index is 0.549. The van der Waals surface area contributed by atoms with E-state index in [1.807, 2.05) is 0 Å². The first kappa shape index (κ1) is 20.1. The predicted octanol–water partition coefficient (Wildman–Crippen LogP) is 6.49. The van der Waals surface area contributed by atoms with E-state index in [4.69, 9.17) is 0 Å². The van der Waals surface area contributed by atoms with Crippen molar-refractivity contribution in [1.29, 1.82) is 0 Å². The van der Waals surface area contributed by atoms with Gasteiger partial charge in [-0.25, -0.2) is 13.2 Å². The molecule has 0 radical (unpaired) electrons. The third-order valence-electron chi connectivity index (χ3n) is 3.88. The molecule has 0 saturated carbocycles. The molecule has 3 aromatic heterocycles. The molecular formula is C24H9F3S3. The summed E-state index contributed by atoms with van der Waals surface area (Å²) in [5.41, 5.74) is 0.185. The zero-order valence-electron chi connectivity index (χ0n) is 15.1. The molecule has 0 spiro atoms. The lowest BCUT2D eigenvalue weighted by Gasteiger charge is -2.06. The molecule has 0 atom stereocenters. The molecule has 4 aromatic rings. The summed E-state index contributed by atoms with van der Waals surface area (Å²) in [5.74, 6) is 12.2. The maximum atomic E-state index is 15.0. The molecule has 0 aliphatic carbocycles. The second-order valence-corrected chi connectivity index (χ2v) is 8.19. The van der Waals surface area contributed by atoms with Crippen molar-refractivity contribution in [2.24, 2.45) is 0 Å². The van der Waals surface area contributed by atoms with Crippen molar-refractivity contribution < 1.29 is 13.2 Å². The number of rotatable bonds is 0. The van der Waals surface area contributed by atoms with Crippen LogP contribution in [0, 0.1) is 53.0 Å². The van der Waals surface area contributed by atoms with E-state index >= 15 is 13.2 Å². The van der Waals surface area contributed by atoms with Crippen LogP contribution < -0.4 is 0 Å². The fourth-order valence-electron chi connectivity index (χ4n) is 2.40. The molecule has 4 rings (SSSR count). The van der Waals surface area contributed by atoms with Crippen molar-refractivity contribution in [2.75, 3.05) is 0 Å². The number of thiophene rings is 3. The number of halogens is 3. The van der Waals surface area contributed by atoms with E-state index in [1.165, 1.54) is 34.0 Å². The fraction of sp³-hybridized carbons (Fsp3) is 0. The van der Waals surface area contributed by atoms with E-state index in [9.17, 15) is 0 Å². The van der Waals surface area contributed by atoms with E-state index in [-0.39, 0.29) is 0 Å². The second-order valence-electron chi connectivity index (χ2n) is 5.85. The van der Waals surface area contributed by atoms with Crippen molar-refractivity contribution >= 4 is 34.0 Å². The second kappa shape index (κ2) is 9.08. The molecule has 30 heavy (non-hydrogen) atoms. The summed E-state index contributed by atoms with van der Waals surface area (Å²) in [7, 11) is 0. The van der Waals surface area contributed by atoms with Crippen LogP contribution in [0.15, 0.2) is 50.5 Å². The third-order valence-corrected chi connectivity index (χ3v) is 5.93. The highest BCUT2D eigenvalue weighted by Gasteiger charge is 2.22. The molecule has 0 saturated heterocycles. The largest absolute Gasteiger partial charge is 0.204 e. The van der Waals surface area contributed by atoms with E-state index in [2.05, 4.69) is 35.5 Å². The summed E-state index contributed by atoms with van der Waals surface area (Å²) >= 11 is 4.24. The lowest BCUT2D eigenvalue weighted by atomic mass is 10.0. The average molecular weight is 451 g/mol. The van der Waals surface area contributed by atoms with Gasteiger partial charge in [0.05, 0.1) is 16.7 Å². The van der Waals surface area contributed by atoms with Crippen LogP contribution in [0.25, 0.3) is 0 Å². The lowest BCUT2D eigenvalue weighted by molar-refractivity contribution is 0.531. The first-order valence-corrected chi connectivity index (χ1v) is 11.3. The molecule has 0 bridgehead atoms. The van der Waals surface area contributed by atoms with Crippen molar-refractivity contribution in [3.05, 3.63) is 101 Å². The molecular weight excluding hydrogens is 441 g/mol. The topological polar surface area (TPSA) is 0 Å². The highest BCUT2D eigenvalue weighted by atomic mass is 32.1. The average Bonchev–Trinajstić information content (AvgIpc) is 3.51. The summed E-state index contributed by atoms with van der Waals surface area (Å²) in [6.45, 7) is 0. The Hall–Kier alpha value is -3.21. The normalized spacial score (nSPS) is 9.70. The Labute approximate surface area is 183 Å². The van der Waals surface area contributed by atoms with Gasteiger partial charge in [-0.3, -0.25) is 0 Å². The quantitative estimate of drug-likeness (QED) is 0.269. The van der Waals surface area contributed by atoms with Crippen molar-refractivity contribution in [3.8, 4) is 35.5 Å². The van der Waals surface area contributed by atoms with Gasteiger partial charge in [0, 0.05) is 32.8 Å². The van der Waals surface area contributed by atoms with Gasteiger partial charge in [-0.05, 0) is 34.3 Å². The maximum Gasteiger partial charge on any atom is 0.160 e. The Morgan fingerprint density at radius 3 is 1.00 bits per heavy atom. The van der Waals surface area contributed by atoms with Crippen LogP contribution in [0.1, 0.15) is 33.4 Å². The van der Waals surface area contributed by atoms with Gasteiger partial charge < -0.3 is 0 Å². The lowest BCUT2D eigenvalue weighted by Crippen LogP contribution is -2.04. The SMILES string of the molecule is Fc1c(C#Cc2ccsc2)c(F)c(C#Cc2ccsc2)c(F)c1C#Cc1ccsc1. The summed E-state index contributed by atoms with van der Waals surface area (Å²) in [6, 6.07) is 5.18. The molecule has 0 nitrogen and oxygen atoms in total. The maximum absolute atomic E-state index is 15.0. The van der Waals surface area contributed by atoms with Gasteiger partial charge in [-0.15, -0.1) is 0 Å². The molecule has 0 amide bonds. The molecule has 3 heterocycles. The Balaban J connectivity index is 1.90. The monoisotopic (exact) mass is 450 g/mol. The zero-order valence-corrected chi connectivity index (χ0v) is 17.5. The first-order valence-electron chi connectivity index (χ1n) is 8.46. The van der Waals surface area contributed by atoms with Crippen LogP contribution in [0.5, 0.6) is 0 Å². The molecule has 144 valence electrons. The summed E-state index contributed by atoms with van der Waals surface area (Å²) in [6.07, 6.45) is 0. The molecule has 0 unspecified atom stereocenters. The van der Waals surface area contributed by atoms with Gasteiger partial charge in [0.15, 0.2) is 17.5 Å². The molecule has 6 heteroatoms. The Morgan fingerprint density at radius 2 is 0.767 bits per heavy atom. The minimum atomic E-state index is -1.13.